The van der Waals surface area contributed by atoms with Crippen LogP contribution in [0.2, 0.25) is 0 Å². The average molecular weight is 251 g/mol. The Hall–Kier alpha value is -1.12. The number of aryl methyl sites for hydroxylation is 1. The van der Waals surface area contributed by atoms with E-state index in [9.17, 15) is 4.79 Å². The molecule has 0 saturated heterocycles. The summed E-state index contributed by atoms with van der Waals surface area (Å²) in [5, 5.41) is 0. The first-order chi connectivity index (χ1) is 7.70. The van der Waals surface area contributed by atoms with Crippen molar-refractivity contribution >= 4 is 28.7 Å². The molecule has 0 amide bonds. The molecule has 1 nitrogen and oxygen atoms in total. The van der Waals surface area contributed by atoms with E-state index in [-0.39, 0.29) is 11.7 Å². The minimum atomic E-state index is -0.00923. The molecule has 0 spiro atoms. The van der Waals surface area contributed by atoms with Crippen LogP contribution in [-0.4, -0.2) is 11.7 Å². The second kappa shape index (κ2) is 4.81. The van der Waals surface area contributed by atoms with Crippen LogP contribution in [-0.2, 0) is 0 Å². The second-order valence-corrected chi connectivity index (χ2v) is 4.94. The normalized spacial score (nSPS) is 10.4. The number of Topliss-reactive ketones (excluding diaryl/α,β-unsaturated/α-hetero) is 1. The van der Waals surface area contributed by atoms with E-state index in [1.165, 1.54) is 16.9 Å². The van der Waals surface area contributed by atoms with Gasteiger partial charge in [-0.25, -0.2) is 0 Å². The largest absolute Gasteiger partial charge is 0.292 e. The van der Waals surface area contributed by atoms with Gasteiger partial charge in [0.15, 0.2) is 5.78 Å². The molecule has 0 aliphatic rings. The van der Waals surface area contributed by atoms with E-state index >= 15 is 0 Å². The second-order valence-electron chi connectivity index (χ2n) is 3.59. The first kappa shape index (κ1) is 11.4. The topological polar surface area (TPSA) is 17.1 Å². The van der Waals surface area contributed by atoms with E-state index in [0.717, 1.165) is 15.3 Å². The van der Waals surface area contributed by atoms with E-state index in [0.29, 0.717) is 0 Å². The molecule has 0 unspecified atom stereocenters. The van der Waals surface area contributed by atoms with Crippen LogP contribution in [0.25, 0.3) is 10.4 Å². The molecule has 0 bridgehead atoms. The van der Waals surface area contributed by atoms with Gasteiger partial charge in [0.2, 0.25) is 0 Å². The summed E-state index contributed by atoms with van der Waals surface area (Å²) in [6.07, 6.45) is 0. The van der Waals surface area contributed by atoms with Crippen LogP contribution in [0.5, 0.6) is 0 Å². The first-order valence-electron chi connectivity index (χ1n) is 4.97. The highest BCUT2D eigenvalue weighted by atomic mass is 35.5. The molecular weight excluding hydrogens is 240 g/mol. The zero-order chi connectivity index (χ0) is 11.5. The summed E-state index contributed by atoms with van der Waals surface area (Å²) in [4.78, 5) is 13.2. The zero-order valence-electron chi connectivity index (χ0n) is 8.87. The maximum absolute atomic E-state index is 11.4. The number of thiophene rings is 1. The highest BCUT2D eigenvalue weighted by molar-refractivity contribution is 7.17. The maximum Gasteiger partial charge on any atom is 0.187 e. The molecule has 0 aliphatic heterocycles. The zero-order valence-corrected chi connectivity index (χ0v) is 10.4. The summed E-state index contributed by atoms with van der Waals surface area (Å²) in [7, 11) is 0. The summed E-state index contributed by atoms with van der Waals surface area (Å²) in [6.45, 7) is 2.06. The maximum atomic E-state index is 11.4. The Kier molecular flexibility index (Phi) is 3.42. The molecule has 0 aliphatic carbocycles. The van der Waals surface area contributed by atoms with Gasteiger partial charge in [0.1, 0.15) is 0 Å². The van der Waals surface area contributed by atoms with Crippen molar-refractivity contribution < 1.29 is 4.79 Å². The van der Waals surface area contributed by atoms with Crippen molar-refractivity contribution in [2.45, 2.75) is 6.92 Å². The van der Waals surface area contributed by atoms with Crippen molar-refractivity contribution in [3.05, 3.63) is 46.8 Å². The van der Waals surface area contributed by atoms with Crippen LogP contribution in [0, 0.1) is 6.92 Å². The van der Waals surface area contributed by atoms with Gasteiger partial charge in [-0.3, -0.25) is 4.79 Å². The van der Waals surface area contributed by atoms with Crippen molar-refractivity contribution in [2.75, 3.05) is 5.88 Å². The molecule has 0 saturated carbocycles. The summed E-state index contributed by atoms with van der Waals surface area (Å²) in [6, 6.07) is 12.1. The number of ketones is 1. The Morgan fingerprint density at radius 1 is 1.19 bits per heavy atom. The minimum Gasteiger partial charge on any atom is -0.292 e. The van der Waals surface area contributed by atoms with Crippen molar-refractivity contribution in [2.24, 2.45) is 0 Å². The Balaban J connectivity index is 2.31. The molecule has 2 aromatic rings. The highest BCUT2D eigenvalue weighted by Crippen LogP contribution is 2.28. The van der Waals surface area contributed by atoms with Crippen LogP contribution in [0.1, 0.15) is 15.2 Å². The van der Waals surface area contributed by atoms with Gasteiger partial charge in [0.25, 0.3) is 0 Å². The monoisotopic (exact) mass is 250 g/mol. The van der Waals surface area contributed by atoms with Crippen LogP contribution >= 0.6 is 22.9 Å². The fourth-order valence-electron chi connectivity index (χ4n) is 1.43. The first-order valence-corrected chi connectivity index (χ1v) is 6.32. The molecule has 1 heterocycles. The third kappa shape index (κ3) is 2.34. The van der Waals surface area contributed by atoms with E-state index < -0.39 is 0 Å². The van der Waals surface area contributed by atoms with Gasteiger partial charge in [-0.15, -0.1) is 22.9 Å². The number of benzene rings is 1. The fraction of sp³-hybridized carbons (Fsp3) is 0.154. The molecule has 82 valence electrons. The SMILES string of the molecule is Cc1ccc(-c2ccc(C(=O)CCl)s2)cc1. The lowest BCUT2D eigenvalue weighted by molar-refractivity contribution is 0.102. The van der Waals surface area contributed by atoms with E-state index in [1.54, 1.807) is 0 Å². The molecule has 1 aromatic carbocycles. The quantitative estimate of drug-likeness (QED) is 0.591. The lowest BCUT2D eigenvalue weighted by Gasteiger charge is -1.97. The van der Waals surface area contributed by atoms with Crippen LogP contribution < -0.4 is 0 Å². The number of hydrogen-bond donors (Lipinski definition) is 0. The lowest BCUT2D eigenvalue weighted by Crippen LogP contribution is -1.95. The molecular formula is C13H11ClOS. The number of alkyl halides is 1. The van der Waals surface area contributed by atoms with Crippen LogP contribution in [0.4, 0.5) is 0 Å². The van der Waals surface area contributed by atoms with Crippen LogP contribution in [0.3, 0.4) is 0 Å². The molecule has 1 aromatic heterocycles. The van der Waals surface area contributed by atoms with Gasteiger partial charge in [0, 0.05) is 4.88 Å². The molecule has 16 heavy (non-hydrogen) atoms. The Morgan fingerprint density at radius 2 is 1.88 bits per heavy atom. The Bertz CT molecular complexity index is 499. The van der Waals surface area contributed by atoms with Gasteiger partial charge in [0.05, 0.1) is 10.8 Å². The third-order valence-corrected chi connectivity index (χ3v) is 3.76. The van der Waals surface area contributed by atoms with Gasteiger partial charge in [-0.05, 0) is 24.6 Å². The highest BCUT2D eigenvalue weighted by Gasteiger charge is 2.08. The van der Waals surface area contributed by atoms with Gasteiger partial charge >= 0.3 is 0 Å². The summed E-state index contributed by atoms with van der Waals surface area (Å²) >= 11 is 7.01. The number of hydrogen-bond acceptors (Lipinski definition) is 2. The summed E-state index contributed by atoms with van der Waals surface area (Å²) < 4.78 is 0. The number of halogens is 1. The van der Waals surface area contributed by atoms with Crippen molar-refractivity contribution in [3.63, 3.8) is 0 Å². The smallest absolute Gasteiger partial charge is 0.187 e. The fourth-order valence-corrected chi connectivity index (χ4v) is 2.60. The van der Waals surface area contributed by atoms with Crippen molar-refractivity contribution in [1.82, 2.24) is 0 Å². The molecule has 2 rings (SSSR count). The Labute approximate surface area is 104 Å². The van der Waals surface area contributed by atoms with E-state index in [2.05, 4.69) is 31.2 Å². The number of carbonyl (C=O) groups excluding carboxylic acids is 1. The van der Waals surface area contributed by atoms with Gasteiger partial charge in [-0.1, -0.05) is 29.8 Å². The summed E-state index contributed by atoms with van der Waals surface area (Å²) in [5.41, 5.74) is 2.38. The van der Waals surface area contributed by atoms with Crippen molar-refractivity contribution in [1.29, 1.82) is 0 Å². The average Bonchev–Trinajstić information content (AvgIpc) is 2.78. The van der Waals surface area contributed by atoms with Gasteiger partial charge in [-0.2, -0.15) is 0 Å². The summed E-state index contributed by atoms with van der Waals surface area (Å²) in [5.74, 6) is 0.0402. The molecule has 0 N–H and O–H groups in total. The predicted octanol–water partition coefficient (Wildman–Crippen LogP) is 4.15. The standard InChI is InChI=1S/C13H11ClOS/c1-9-2-4-10(5-3-9)12-6-7-13(16-12)11(15)8-14/h2-7H,8H2,1H3. The third-order valence-electron chi connectivity index (χ3n) is 2.34. The van der Waals surface area contributed by atoms with Crippen LogP contribution in [0.15, 0.2) is 36.4 Å². The van der Waals surface area contributed by atoms with Crippen molar-refractivity contribution in [3.8, 4) is 10.4 Å². The lowest BCUT2D eigenvalue weighted by atomic mass is 10.1. The van der Waals surface area contributed by atoms with E-state index in [1.807, 2.05) is 12.1 Å². The number of rotatable bonds is 3. The Morgan fingerprint density at radius 3 is 2.50 bits per heavy atom. The molecule has 0 fully saturated rings. The number of carbonyl (C=O) groups is 1. The predicted molar refractivity (Wildman–Crippen MR) is 69.5 cm³/mol. The molecule has 3 heteroatoms. The molecule has 0 radical (unpaired) electrons. The van der Waals surface area contributed by atoms with E-state index in [4.69, 9.17) is 11.6 Å². The minimum absolute atomic E-state index is 0.00923. The van der Waals surface area contributed by atoms with Gasteiger partial charge < -0.3 is 0 Å². The molecule has 0 atom stereocenters.